The third-order valence-corrected chi connectivity index (χ3v) is 6.07. The number of hydrazone groups is 1. The van der Waals surface area contributed by atoms with Crippen molar-refractivity contribution in [2.75, 3.05) is 18.6 Å². The number of carbonyl (C=O) groups is 2. The maximum absolute atomic E-state index is 12.8. The topological polar surface area (TPSA) is 86.3 Å². The van der Waals surface area contributed by atoms with E-state index in [1.54, 1.807) is 12.0 Å². The average molecular weight is 428 g/mol. The molecular formula is C21H25N5O3S. The Balaban J connectivity index is 1.37. The van der Waals surface area contributed by atoms with Crippen molar-refractivity contribution in [1.82, 2.24) is 15.6 Å². The number of nitrogens with zero attached hydrogens (tertiary/aromatic N) is 3. The average Bonchev–Trinajstić information content (AvgIpc) is 3.41. The molecule has 0 saturated carbocycles. The zero-order valence-corrected chi connectivity index (χ0v) is 17.9. The van der Waals surface area contributed by atoms with Gasteiger partial charge < -0.3 is 10.1 Å². The molecule has 1 aromatic heterocycles. The van der Waals surface area contributed by atoms with Crippen LogP contribution in [0.3, 0.4) is 0 Å². The molecule has 2 aliphatic heterocycles. The lowest BCUT2D eigenvalue weighted by Gasteiger charge is -2.39. The molecular weight excluding hydrogens is 402 g/mol. The highest BCUT2D eigenvalue weighted by Gasteiger charge is 2.43. The van der Waals surface area contributed by atoms with Crippen LogP contribution in [0.2, 0.25) is 0 Å². The van der Waals surface area contributed by atoms with E-state index in [9.17, 15) is 9.59 Å². The van der Waals surface area contributed by atoms with Gasteiger partial charge in [-0.25, -0.2) is 0 Å². The number of amidine groups is 1. The Morgan fingerprint density at radius 2 is 2.10 bits per heavy atom. The first kappa shape index (κ1) is 20.2. The van der Waals surface area contributed by atoms with Crippen LogP contribution in [0.4, 0.5) is 5.69 Å². The lowest BCUT2D eigenvalue weighted by atomic mass is 10.2. The fourth-order valence-electron chi connectivity index (χ4n) is 3.66. The van der Waals surface area contributed by atoms with Crippen LogP contribution in [0, 0.1) is 0 Å². The largest absolute Gasteiger partial charge is 0.497 e. The van der Waals surface area contributed by atoms with E-state index in [1.807, 2.05) is 47.5 Å². The molecule has 0 aliphatic carbocycles. The van der Waals surface area contributed by atoms with Gasteiger partial charge in [0.25, 0.3) is 5.91 Å². The number of ether oxygens (including phenoxy) is 1. The summed E-state index contributed by atoms with van der Waals surface area (Å²) in [4.78, 5) is 29.7. The van der Waals surface area contributed by atoms with E-state index in [0.717, 1.165) is 34.1 Å². The molecule has 1 unspecified atom stereocenters. The predicted octanol–water partition coefficient (Wildman–Crippen LogP) is 2.73. The number of hydrogen-bond acceptors (Lipinski definition) is 7. The zero-order chi connectivity index (χ0) is 21.1. The van der Waals surface area contributed by atoms with Crippen LogP contribution in [0.5, 0.6) is 5.75 Å². The molecule has 0 fully saturated rings. The maximum Gasteiger partial charge on any atom is 0.269 e. The predicted molar refractivity (Wildman–Crippen MR) is 117 cm³/mol. The van der Waals surface area contributed by atoms with Crippen LogP contribution in [-0.4, -0.2) is 42.5 Å². The number of nitrogens with one attached hydrogen (secondary N) is 2. The van der Waals surface area contributed by atoms with Gasteiger partial charge in [-0.2, -0.15) is 5.10 Å². The molecule has 2 amide bonds. The maximum atomic E-state index is 12.8. The highest BCUT2D eigenvalue weighted by molar-refractivity contribution is 7.12. The molecule has 2 aromatic rings. The van der Waals surface area contributed by atoms with Crippen LogP contribution < -0.4 is 20.4 Å². The number of benzene rings is 1. The van der Waals surface area contributed by atoms with E-state index in [1.165, 1.54) is 11.3 Å². The van der Waals surface area contributed by atoms with Crippen LogP contribution in [0.15, 0.2) is 40.8 Å². The molecule has 3 heterocycles. The Kier molecular flexibility index (Phi) is 5.89. The van der Waals surface area contributed by atoms with Gasteiger partial charge in [-0.1, -0.05) is 19.1 Å². The molecule has 0 radical (unpaired) electrons. The first-order chi connectivity index (χ1) is 14.6. The normalized spacial score (nSPS) is 17.2. The quantitative estimate of drug-likeness (QED) is 0.677. The summed E-state index contributed by atoms with van der Waals surface area (Å²) in [5.41, 5.74) is 4.95. The molecule has 4 rings (SSSR count). The van der Waals surface area contributed by atoms with Gasteiger partial charge in [-0.05, 0) is 35.6 Å². The minimum atomic E-state index is -0.322. The Morgan fingerprint density at radius 3 is 2.83 bits per heavy atom. The number of hydrogen-bond donors (Lipinski definition) is 2. The Morgan fingerprint density at radius 1 is 1.30 bits per heavy atom. The molecule has 30 heavy (non-hydrogen) atoms. The van der Waals surface area contributed by atoms with Crippen molar-refractivity contribution in [3.63, 3.8) is 0 Å². The summed E-state index contributed by atoms with van der Waals surface area (Å²) in [6.45, 7) is 3.16. The summed E-state index contributed by atoms with van der Waals surface area (Å²) >= 11 is 1.44. The molecule has 1 aromatic carbocycles. The number of thiophene rings is 1. The van der Waals surface area contributed by atoms with Crippen molar-refractivity contribution in [3.05, 3.63) is 46.2 Å². The summed E-state index contributed by atoms with van der Waals surface area (Å²) in [7, 11) is 1.63. The molecule has 0 spiro atoms. The van der Waals surface area contributed by atoms with Gasteiger partial charge >= 0.3 is 0 Å². The Labute approximate surface area is 179 Å². The number of rotatable bonds is 8. The first-order valence-electron chi connectivity index (χ1n) is 10.0. The van der Waals surface area contributed by atoms with Gasteiger partial charge in [0.05, 0.1) is 12.8 Å². The number of anilines is 1. The SMILES string of the molecule is CCCN1C(=O)c2sccc2N2C(CCC(=O)NCc3ccc(OC)cc3)=NNC12. The van der Waals surface area contributed by atoms with Crippen LogP contribution >= 0.6 is 11.3 Å². The van der Waals surface area contributed by atoms with Crippen molar-refractivity contribution >= 4 is 34.7 Å². The zero-order valence-electron chi connectivity index (χ0n) is 17.1. The molecule has 0 bridgehead atoms. The Hall–Kier alpha value is -3.07. The molecule has 2 N–H and O–H groups in total. The number of methoxy groups -OCH3 is 1. The molecule has 2 aliphatic rings. The highest BCUT2D eigenvalue weighted by atomic mass is 32.1. The first-order valence-corrected chi connectivity index (χ1v) is 10.9. The van der Waals surface area contributed by atoms with Gasteiger partial charge in [0.15, 0.2) is 0 Å². The second kappa shape index (κ2) is 8.74. The van der Waals surface area contributed by atoms with Crippen LogP contribution in [-0.2, 0) is 11.3 Å². The van der Waals surface area contributed by atoms with Gasteiger partial charge in [-0.15, -0.1) is 11.3 Å². The summed E-state index contributed by atoms with van der Waals surface area (Å²) < 4.78 is 5.15. The molecule has 9 heteroatoms. The third-order valence-electron chi connectivity index (χ3n) is 5.17. The van der Waals surface area contributed by atoms with Gasteiger partial charge in [-0.3, -0.25) is 24.8 Å². The van der Waals surface area contributed by atoms with Crippen molar-refractivity contribution in [2.24, 2.45) is 5.10 Å². The number of amides is 2. The van der Waals surface area contributed by atoms with Gasteiger partial charge in [0, 0.05) is 25.9 Å². The third kappa shape index (κ3) is 3.85. The molecule has 0 saturated heterocycles. The summed E-state index contributed by atoms with van der Waals surface area (Å²) in [5.74, 6) is 1.55. The molecule has 8 nitrogen and oxygen atoms in total. The van der Waals surface area contributed by atoms with E-state index in [4.69, 9.17) is 4.74 Å². The summed E-state index contributed by atoms with van der Waals surface area (Å²) in [6.07, 6.45) is 1.35. The fourth-order valence-corrected chi connectivity index (χ4v) is 4.50. The van der Waals surface area contributed by atoms with Crippen molar-refractivity contribution in [3.8, 4) is 5.75 Å². The smallest absolute Gasteiger partial charge is 0.269 e. The van der Waals surface area contributed by atoms with Crippen LogP contribution in [0.1, 0.15) is 41.4 Å². The summed E-state index contributed by atoms with van der Waals surface area (Å²) in [6, 6.07) is 9.55. The van der Waals surface area contributed by atoms with E-state index in [-0.39, 0.29) is 18.1 Å². The fraction of sp³-hybridized carbons (Fsp3) is 0.381. The van der Waals surface area contributed by atoms with E-state index >= 15 is 0 Å². The molecule has 158 valence electrons. The highest BCUT2D eigenvalue weighted by Crippen LogP contribution is 2.36. The van der Waals surface area contributed by atoms with E-state index in [2.05, 4.69) is 15.8 Å². The van der Waals surface area contributed by atoms with Crippen molar-refractivity contribution in [2.45, 2.75) is 39.0 Å². The Bertz CT molecular complexity index is 956. The van der Waals surface area contributed by atoms with Gasteiger partial charge in [0.2, 0.25) is 12.2 Å². The number of fused-ring (bicyclic) bond motifs is 3. The van der Waals surface area contributed by atoms with E-state index < -0.39 is 0 Å². The minimum Gasteiger partial charge on any atom is -0.497 e. The van der Waals surface area contributed by atoms with Gasteiger partial charge in [0.1, 0.15) is 16.5 Å². The lowest BCUT2D eigenvalue weighted by molar-refractivity contribution is -0.121. The van der Waals surface area contributed by atoms with Crippen molar-refractivity contribution < 1.29 is 14.3 Å². The lowest BCUT2D eigenvalue weighted by Crippen LogP contribution is -2.58. The molecule has 1 atom stereocenters. The summed E-state index contributed by atoms with van der Waals surface area (Å²) in [5, 5.41) is 9.31. The number of carbonyl (C=O) groups excluding carboxylic acids is 2. The minimum absolute atomic E-state index is 0.0317. The van der Waals surface area contributed by atoms with E-state index in [0.29, 0.717) is 25.9 Å². The second-order valence-corrected chi connectivity index (χ2v) is 8.08. The second-order valence-electron chi connectivity index (χ2n) is 7.16. The monoisotopic (exact) mass is 427 g/mol. The standard InChI is InChI=1S/C21H25N5O3S/c1-3-11-25-20(28)19-16(10-12-30-19)26-17(23-24-21(25)26)8-9-18(27)22-13-14-4-6-15(29-2)7-5-14/h4-7,10,12,21,24H,3,8-9,11,13H2,1-2H3,(H,22,27). The van der Waals surface area contributed by atoms with Crippen molar-refractivity contribution in [1.29, 1.82) is 0 Å². The van der Waals surface area contributed by atoms with Crippen LogP contribution in [0.25, 0.3) is 0 Å².